The van der Waals surface area contributed by atoms with Crippen LogP contribution < -0.4 is 16.2 Å². The second-order valence-electron chi connectivity index (χ2n) is 6.38. The Morgan fingerprint density at radius 2 is 2.19 bits per heavy atom. The predicted octanol–water partition coefficient (Wildman–Crippen LogP) is 0.553. The molecular formula is C18H20N6O2. The molecule has 4 rings (SSSR count). The Morgan fingerprint density at radius 1 is 1.35 bits per heavy atom. The predicted molar refractivity (Wildman–Crippen MR) is 96.7 cm³/mol. The molecule has 8 heteroatoms. The third-order valence-corrected chi connectivity index (χ3v) is 4.57. The molecule has 0 saturated heterocycles. The number of rotatable bonds is 3. The van der Waals surface area contributed by atoms with Crippen molar-refractivity contribution in [3.63, 3.8) is 0 Å². The highest BCUT2D eigenvalue weighted by Gasteiger charge is 2.17. The SMILES string of the molecule is Cn1c(=O)c(C(=O)NCc2cc3n(n2)CCCNC3)nc2ccccc21. The highest BCUT2D eigenvalue weighted by atomic mass is 16.2. The topological polar surface area (TPSA) is 93.8 Å². The Balaban J connectivity index is 1.55. The van der Waals surface area contributed by atoms with E-state index < -0.39 is 11.5 Å². The first-order valence-electron chi connectivity index (χ1n) is 8.64. The van der Waals surface area contributed by atoms with Gasteiger partial charge in [0, 0.05) is 20.1 Å². The van der Waals surface area contributed by atoms with Crippen molar-refractivity contribution >= 4 is 16.9 Å². The van der Waals surface area contributed by atoms with Crippen LogP contribution in [-0.2, 0) is 26.7 Å². The first-order valence-corrected chi connectivity index (χ1v) is 8.64. The van der Waals surface area contributed by atoms with Gasteiger partial charge < -0.3 is 15.2 Å². The van der Waals surface area contributed by atoms with Gasteiger partial charge in [-0.05, 0) is 31.2 Å². The number of nitrogens with one attached hydrogen (secondary N) is 2. The molecule has 1 amide bonds. The zero-order valence-corrected chi connectivity index (χ0v) is 14.5. The zero-order chi connectivity index (χ0) is 18.1. The van der Waals surface area contributed by atoms with Crippen LogP contribution in [0.5, 0.6) is 0 Å². The van der Waals surface area contributed by atoms with Crippen molar-refractivity contribution in [1.82, 2.24) is 30.0 Å². The van der Waals surface area contributed by atoms with Crippen LogP contribution in [0, 0.1) is 0 Å². The second kappa shape index (κ2) is 6.72. The number of fused-ring (bicyclic) bond motifs is 2. The molecule has 3 aromatic rings. The second-order valence-corrected chi connectivity index (χ2v) is 6.38. The van der Waals surface area contributed by atoms with Gasteiger partial charge in [0.1, 0.15) is 0 Å². The van der Waals surface area contributed by atoms with Gasteiger partial charge in [-0.3, -0.25) is 14.3 Å². The fourth-order valence-corrected chi connectivity index (χ4v) is 3.19. The summed E-state index contributed by atoms with van der Waals surface area (Å²) in [6, 6.07) is 9.22. The van der Waals surface area contributed by atoms with E-state index in [0.717, 1.165) is 37.4 Å². The van der Waals surface area contributed by atoms with E-state index in [1.807, 2.05) is 22.9 Å². The minimum Gasteiger partial charge on any atom is -0.345 e. The van der Waals surface area contributed by atoms with Crippen molar-refractivity contribution in [3.05, 3.63) is 57.8 Å². The fourth-order valence-electron chi connectivity index (χ4n) is 3.19. The van der Waals surface area contributed by atoms with Gasteiger partial charge >= 0.3 is 0 Å². The summed E-state index contributed by atoms with van der Waals surface area (Å²) in [5.74, 6) is -0.488. The lowest BCUT2D eigenvalue weighted by Crippen LogP contribution is -2.33. The van der Waals surface area contributed by atoms with E-state index in [-0.39, 0.29) is 12.2 Å². The molecule has 0 bridgehead atoms. The number of amides is 1. The van der Waals surface area contributed by atoms with Gasteiger partial charge in [-0.25, -0.2) is 4.98 Å². The average Bonchev–Trinajstić information content (AvgIpc) is 2.92. The number of hydrogen-bond donors (Lipinski definition) is 2. The molecule has 0 aliphatic carbocycles. The quantitative estimate of drug-likeness (QED) is 0.718. The molecule has 0 spiro atoms. The maximum Gasteiger partial charge on any atom is 0.282 e. The van der Waals surface area contributed by atoms with Crippen molar-refractivity contribution < 1.29 is 4.79 Å². The molecule has 8 nitrogen and oxygen atoms in total. The van der Waals surface area contributed by atoms with Crippen molar-refractivity contribution in [1.29, 1.82) is 0 Å². The monoisotopic (exact) mass is 352 g/mol. The number of aromatic nitrogens is 4. The maximum atomic E-state index is 12.5. The fraction of sp³-hybridized carbons (Fsp3) is 0.333. The first kappa shape index (κ1) is 16.5. The Hall–Kier alpha value is -3.00. The van der Waals surface area contributed by atoms with Crippen molar-refractivity contribution in [3.8, 4) is 0 Å². The van der Waals surface area contributed by atoms with Gasteiger partial charge in [0.25, 0.3) is 11.5 Å². The minimum atomic E-state index is -0.488. The summed E-state index contributed by atoms with van der Waals surface area (Å²) < 4.78 is 3.41. The maximum absolute atomic E-state index is 12.5. The van der Waals surface area contributed by atoms with E-state index in [1.165, 1.54) is 4.57 Å². The molecule has 134 valence electrons. The molecule has 0 fully saturated rings. The number of aryl methyl sites for hydroxylation is 2. The Labute approximate surface area is 149 Å². The summed E-state index contributed by atoms with van der Waals surface area (Å²) in [6.45, 7) is 2.87. The third-order valence-electron chi connectivity index (χ3n) is 4.57. The number of para-hydroxylation sites is 2. The summed E-state index contributed by atoms with van der Waals surface area (Å²) in [7, 11) is 1.64. The van der Waals surface area contributed by atoms with Crippen LogP contribution in [0.1, 0.15) is 28.3 Å². The van der Waals surface area contributed by atoms with E-state index in [2.05, 4.69) is 20.7 Å². The Kier molecular flexibility index (Phi) is 4.26. The van der Waals surface area contributed by atoms with E-state index in [0.29, 0.717) is 11.0 Å². The summed E-state index contributed by atoms with van der Waals surface area (Å²) in [6.07, 6.45) is 1.03. The van der Waals surface area contributed by atoms with Crippen LogP contribution in [0.15, 0.2) is 35.1 Å². The van der Waals surface area contributed by atoms with Gasteiger partial charge in [-0.15, -0.1) is 0 Å². The molecule has 26 heavy (non-hydrogen) atoms. The van der Waals surface area contributed by atoms with Crippen LogP contribution in [0.3, 0.4) is 0 Å². The highest BCUT2D eigenvalue weighted by molar-refractivity contribution is 5.93. The summed E-state index contributed by atoms with van der Waals surface area (Å²) in [5.41, 5.74) is 2.67. The zero-order valence-electron chi connectivity index (χ0n) is 14.5. The lowest BCUT2D eigenvalue weighted by Gasteiger charge is -2.08. The van der Waals surface area contributed by atoms with E-state index >= 15 is 0 Å². The summed E-state index contributed by atoms with van der Waals surface area (Å²) in [5, 5.41) is 10.6. The van der Waals surface area contributed by atoms with E-state index in [9.17, 15) is 9.59 Å². The molecule has 1 aliphatic rings. The van der Waals surface area contributed by atoms with Crippen LogP contribution in [0.4, 0.5) is 0 Å². The van der Waals surface area contributed by atoms with Crippen LogP contribution in [0.2, 0.25) is 0 Å². The molecule has 2 N–H and O–H groups in total. The third kappa shape index (κ3) is 2.99. The average molecular weight is 352 g/mol. The van der Waals surface area contributed by atoms with Crippen molar-refractivity contribution in [2.75, 3.05) is 6.54 Å². The van der Waals surface area contributed by atoms with Gasteiger partial charge in [-0.2, -0.15) is 5.10 Å². The number of benzene rings is 1. The van der Waals surface area contributed by atoms with Gasteiger partial charge in [0.15, 0.2) is 5.69 Å². The molecule has 0 saturated carbocycles. The standard InChI is InChI=1S/C18H20N6O2/c1-23-15-6-3-2-5-14(15)21-16(18(23)26)17(25)20-10-12-9-13-11-19-7-4-8-24(13)22-12/h2-3,5-6,9,19H,4,7-8,10-11H2,1H3,(H,20,25). The lowest BCUT2D eigenvalue weighted by molar-refractivity contribution is 0.0943. The molecule has 1 aliphatic heterocycles. The smallest absolute Gasteiger partial charge is 0.282 e. The number of nitrogens with zero attached hydrogens (tertiary/aromatic N) is 4. The normalized spacial score (nSPS) is 14.0. The van der Waals surface area contributed by atoms with E-state index in [4.69, 9.17) is 0 Å². The largest absolute Gasteiger partial charge is 0.345 e. The molecule has 0 atom stereocenters. The van der Waals surface area contributed by atoms with Crippen LogP contribution in [0.25, 0.3) is 11.0 Å². The Morgan fingerprint density at radius 3 is 3.08 bits per heavy atom. The minimum absolute atomic E-state index is 0.103. The van der Waals surface area contributed by atoms with Gasteiger partial charge in [0.2, 0.25) is 0 Å². The number of carbonyl (C=O) groups excluding carboxylic acids is 1. The molecule has 0 unspecified atom stereocenters. The molecule has 3 heterocycles. The molecule has 0 radical (unpaired) electrons. The Bertz CT molecular complexity index is 1010. The highest BCUT2D eigenvalue weighted by Crippen LogP contribution is 2.10. The van der Waals surface area contributed by atoms with Crippen molar-refractivity contribution in [2.45, 2.75) is 26.1 Å². The molecule has 2 aromatic heterocycles. The molecule has 1 aromatic carbocycles. The number of hydrogen-bond acceptors (Lipinski definition) is 5. The lowest BCUT2D eigenvalue weighted by atomic mass is 10.2. The van der Waals surface area contributed by atoms with Crippen LogP contribution >= 0.6 is 0 Å². The van der Waals surface area contributed by atoms with Crippen LogP contribution in [-0.4, -0.2) is 31.8 Å². The van der Waals surface area contributed by atoms with E-state index in [1.54, 1.807) is 19.2 Å². The summed E-state index contributed by atoms with van der Waals surface area (Å²) >= 11 is 0. The van der Waals surface area contributed by atoms with Gasteiger partial charge in [0.05, 0.1) is 29.0 Å². The van der Waals surface area contributed by atoms with Crippen molar-refractivity contribution in [2.24, 2.45) is 7.05 Å². The number of carbonyl (C=O) groups is 1. The summed E-state index contributed by atoms with van der Waals surface area (Å²) in [4.78, 5) is 29.2. The van der Waals surface area contributed by atoms with Gasteiger partial charge in [-0.1, -0.05) is 12.1 Å². The molecular weight excluding hydrogens is 332 g/mol. The first-order chi connectivity index (χ1) is 12.6.